The summed E-state index contributed by atoms with van der Waals surface area (Å²) >= 11 is 0. The van der Waals surface area contributed by atoms with Gasteiger partial charge in [-0.1, -0.05) is 70.2 Å². The van der Waals surface area contributed by atoms with Crippen molar-refractivity contribution in [3.63, 3.8) is 0 Å². The van der Waals surface area contributed by atoms with Gasteiger partial charge in [-0.05, 0) is 41.5 Å². The number of amides is 3. The van der Waals surface area contributed by atoms with E-state index in [0.717, 1.165) is 0 Å². The standard InChI is InChI=1S/C30H41N3O7/c1-18(2)14-24(32-28(37)23(17-34)21-8-6-5-7-9-21)25(35)15-26(36)33-27(19(3)4)29(38)31-16-20-10-12-22(13-11-20)30(39)40/h5-13,18-19,23-25,27,34-35H,14-17H2,1-4H3,(H,31,38)(H,32,37)(H,33,36)(H,39,40)/t23?,24-,25-,27-/m0/s1. The minimum Gasteiger partial charge on any atom is -0.478 e. The SMILES string of the molecule is CC(C)C[C@H](NC(=O)C(CO)c1ccccc1)[C@@H](O)CC(=O)N[C@H](C(=O)NCc1ccc(C(=O)O)cc1)C(C)C. The predicted molar refractivity (Wildman–Crippen MR) is 150 cm³/mol. The number of aliphatic hydroxyl groups excluding tert-OH is 2. The summed E-state index contributed by atoms with van der Waals surface area (Å²) in [5.41, 5.74) is 1.48. The second kappa shape index (κ2) is 15.7. The molecule has 0 spiro atoms. The lowest BCUT2D eigenvalue weighted by Gasteiger charge is -2.28. The van der Waals surface area contributed by atoms with Crippen LogP contribution in [0.1, 0.15) is 67.9 Å². The summed E-state index contributed by atoms with van der Waals surface area (Å²) in [5.74, 6) is -3.41. The molecule has 0 fully saturated rings. The number of carbonyl (C=O) groups is 4. The van der Waals surface area contributed by atoms with Gasteiger partial charge in [0.2, 0.25) is 17.7 Å². The van der Waals surface area contributed by atoms with E-state index >= 15 is 0 Å². The van der Waals surface area contributed by atoms with Gasteiger partial charge in [-0.25, -0.2) is 4.79 Å². The molecule has 2 aromatic rings. The first kappa shape index (κ1) is 32.5. The zero-order valence-corrected chi connectivity index (χ0v) is 23.5. The van der Waals surface area contributed by atoms with Crippen molar-refractivity contribution in [1.82, 2.24) is 16.0 Å². The smallest absolute Gasteiger partial charge is 0.335 e. The fourth-order valence-electron chi connectivity index (χ4n) is 4.29. The van der Waals surface area contributed by atoms with Crippen molar-refractivity contribution in [2.45, 2.75) is 71.2 Å². The highest BCUT2D eigenvalue weighted by Crippen LogP contribution is 2.18. The Morgan fingerprint density at radius 3 is 2.00 bits per heavy atom. The molecule has 4 atom stereocenters. The molecule has 6 N–H and O–H groups in total. The van der Waals surface area contributed by atoms with Gasteiger partial charge < -0.3 is 31.3 Å². The zero-order chi connectivity index (χ0) is 29.8. The summed E-state index contributed by atoms with van der Waals surface area (Å²) in [6, 6.07) is 13.3. The fourth-order valence-corrected chi connectivity index (χ4v) is 4.29. The summed E-state index contributed by atoms with van der Waals surface area (Å²) in [6.07, 6.45) is -1.15. The maximum atomic E-state index is 13.0. The Kier molecular flexibility index (Phi) is 12.8. The molecule has 0 bridgehead atoms. The number of aromatic carboxylic acids is 1. The molecule has 0 aliphatic rings. The molecule has 10 heteroatoms. The van der Waals surface area contributed by atoms with E-state index in [2.05, 4.69) is 16.0 Å². The van der Waals surface area contributed by atoms with E-state index in [1.165, 1.54) is 12.1 Å². The number of benzene rings is 2. The minimum absolute atomic E-state index is 0.103. The lowest BCUT2D eigenvalue weighted by Crippen LogP contribution is -2.52. The average Bonchev–Trinajstić information content (AvgIpc) is 2.90. The molecule has 40 heavy (non-hydrogen) atoms. The Bertz CT molecular complexity index is 1120. The number of hydrogen-bond acceptors (Lipinski definition) is 6. The summed E-state index contributed by atoms with van der Waals surface area (Å²) < 4.78 is 0. The van der Waals surface area contributed by atoms with Gasteiger partial charge in [0.25, 0.3) is 0 Å². The summed E-state index contributed by atoms with van der Waals surface area (Å²) in [7, 11) is 0. The van der Waals surface area contributed by atoms with Gasteiger partial charge in [0.05, 0.1) is 36.7 Å². The molecule has 0 radical (unpaired) electrons. The third-order valence-electron chi connectivity index (χ3n) is 6.55. The first-order valence-corrected chi connectivity index (χ1v) is 13.5. The number of aliphatic hydroxyl groups is 2. The molecule has 0 aliphatic heterocycles. The Hall–Kier alpha value is -3.76. The van der Waals surface area contributed by atoms with Crippen LogP contribution in [-0.2, 0) is 20.9 Å². The van der Waals surface area contributed by atoms with Crippen LogP contribution >= 0.6 is 0 Å². The van der Waals surface area contributed by atoms with Gasteiger partial charge in [-0.15, -0.1) is 0 Å². The topological polar surface area (TPSA) is 165 Å². The Morgan fingerprint density at radius 1 is 0.850 bits per heavy atom. The molecule has 10 nitrogen and oxygen atoms in total. The third kappa shape index (κ3) is 10.1. The normalized spacial score (nSPS) is 14.2. The van der Waals surface area contributed by atoms with Crippen molar-refractivity contribution in [2.75, 3.05) is 6.61 Å². The lowest BCUT2D eigenvalue weighted by atomic mass is 9.94. The monoisotopic (exact) mass is 555 g/mol. The number of carboxylic acids is 1. The van der Waals surface area contributed by atoms with Crippen LogP contribution in [0, 0.1) is 11.8 Å². The van der Waals surface area contributed by atoms with E-state index in [0.29, 0.717) is 17.5 Å². The van der Waals surface area contributed by atoms with Crippen molar-refractivity contribution in [3.8, 4) is 0 Å². The maximum Gasteiger partial charge on any atom is 0.335 e. The molecule has 0 aliphatic carbocycles. The largest absolute Gasteiger partial charge is 0.478 e. The number of carboxylic acid groups (broad SMARTS) is 1. The van der Waals surface area contributed by atoms with E-state index in [-0.39, 0.29) is 30.4 Å². The van der Waals surface area contributed by atoms with Crippen LogP contribution < -0.4 is 16.0 Å². The lowest BCUT2D eigenvalue weighted by molar-refractivity contribution is -0.132. The Labute approximate surface area is 235 Å². The molecule has 3 amide bonds. The van der Waals surface area contributed by atoms with Crippen LogP contribution in [-0.4, -0.2) is 63.8 Å². The van der Waals surface area contributed by atoms with Crippen LogP contribution in [0.4, 0.5) is 0 Å². The number of hydrogen-bond donors (Lipinski definition) is 6. The minimum atomic E-state index is -1.22. The molecular formula is C30H41N3O7. The second-order valence-corrected chi connectivity index (χ2v) is 10.7. The molecule has 0 saturated heterocycles. The first-order chi connectivity index (χ1) is 18.9. The highest BCUT2D eigenvalue weighted by molar-refractivity contribution is 5.89. The molecule has 218 valence electrons. The van der Waals surface area contributed by atoms with Crippen molar-refractivity contribution in [3.05, 3.63) is 71.3 Å². The van der Waals surface area contributed by atoms with Gasteiger partial charge in [0.1, 0.15) is 6.04 Å². The summed E-state index contributed by atoms with van der Waals surface area (Å²) in [4.78, 5) is 49.7. The van der Waals surface area contributed by atoms with Crippen LogP contribution in [0.2, 0.25) is 0 Å². The molecule has 2 rings (SSSR count). The molecule has 2 aromatic carbocycles. The second-order valence-electron chi connectivity index (χ2n) is 10.7. The molecule has 0 saturated carbocycles. The molecule has 0 aromatic heterocycles. The van der Waals surface area contributed by atoms with Gasteiger partial charge >= 0.3 is 5.97 Å². The predicted octanol–water partition coefficient (Wildman–Crippen LogP) is 2.20. The number of carbonyl (C=O) groups excluding carboxylic acids is 3. The molecule has 0 heterocycles. The van der Waals surface area contributed by atoms with Crippen LogP contribution in [0.3, 0.4) is 0 Å². The van der Waals surface area contributed by atoms with E-state index in [4.69, 9.17) is 5.11 Å². The summed E-state index contributed by atoms with van der Waals surface area (Å²) in [6.45, 7) is 7.17. The fraction of sp³-hybridized carbons (Fsp3) is 0.467. The summed E-state index contributed by atoms with van der Waals surface area (Å²) in [5, 5.41) is 38.0. The van der Waals surface area contributed by atoms with Crippen LogP contribution in [0.15, 0.2) is 54.6 Å². The Morgan fingerprint density at radius 2 is 1.48 bits per heavy atom. The molecular weight excluding hydrogens is 514 g/mol. The van der Waals surface area contributed by atoms with Crippen molar-refractivity contribution in [1.29, 1.82) is 0 Å². The highest BCUT2D eigenvalue weighted by atomic mass is 16.4. The first-order valence-electron chi connectivity index (χ1n) is 13.5. The van der Waals surface area contributed by atoms with E-state index in [1.807, 2.05) is 19.9 Å². The number of rotatable bonds is 15. The van der Waals surface area contributed by atoms with E-state index in [1.54, 1.807) is 50.2 Å². The average molecular weight is 556 g/mol. The molecule has 1 unspecified atom stereocenters. The van der Waals surface area contributed by atoms with Crippen molar-refractivity contribution < 1.29 is 34.5 Å². The van der Waals surface area contributed by atoms with Gasteiger partial charge in [-0.3, -0.25) is 14.4 Å². The van der Waals surface area contributed by atoms with Crippen molar-refractivity contribution >= 4 is 23.7 Å². The van der Waals surface area contributed by atoms with Crippen LogP contribution in [0.25, 0.3) is 0 Å². The van der Waals surface area contributed by atoms with E-state index in [9.17, 15) is 29.4 Å². The maximum absolute atomic E-state index is 13.0. The third-order valence-corrected chi connectivity index (χ3v) is 6.55. The zero-order valence-electron chi connectivity index (χ0n) is 23.5. The Balaban J connectivity index is 2.01. The van der Waals surface area contributed by atoms with Gasteiger partial charge in [-0.2, -0.15) is 0 Å². The van der Waals surface area contributed by atoms with Gasteiger partial charge in [0, 0.05) is 6.54 Å². The van der Waals surface area contributed by atoms with E-state index < -0.39 is 54.4 Å². The number of nitrogens with one attached hydrogen (secondary N) is 3. The van der Waals surface area contributed by atoms with Gasteiger partial charge in [0.15, 0.2) is 0 Å². The van der Waals surface area contributed by atoms with Crippen molar-refractivity contribution in [2.24, 2.45) is 11.8 Å². The highest BCUT2D eigenvalue weighted by Gasteiger charge is 2.30. The quantitative estimate of drug-likeness (QED) is 0.196. The van der Waals surface area contributed by atoms with Crippen LogP contribution in [0.5, 0.6) is 0 Å².